The number of hydrogen-bond donors (Lipinski definition) is 1. The summed E-state index contributed by atoms with van der Waals surface area (Å²) in [5.74, 6) is -0.553. The number of anilines is 1. The first-order chi connectivity index (χ1) is 12.3. The summed E-state index contributed by atoms with van der Waals surface area (Å²) in [5, 5.41) is 2.65. The van der Waals surface area contributed by atoms with Gasteiger partial charge in [-0.1, -0.05) is 12.1 Å². The Morgan fingerprint density at radius 2 is 1.96 bits per heavy atom. The van der Waals surface area contributed by atoms with Crippen molar-refractivity contribution in [2.24, 2.45) is 0 Å². The molecule has 0 spiro atoms. The number of amides is 1. The van der Waals surface area contributed by atoms with Crippen molar-refractivity contribution in [2.45, 2.75) is 6.92 Å². The van der Waals surface area contributed by atoms with Gasteiger partial charge in [0.15, 0.2) is 5.78 Å². The number of sulfonamides is 1. The molecule has 1 aliphatic heterocycles. The van der Waals surface area contributed by atoms with Gasteiger partial charge in [-0.25, -0.2) is 8.42 Å². The minimum absolute atomic E-state index is 0.107. The average molecular weight is 383 g/mol. The topological polar surface area (TPSA) is 96.0 Å². The van der Waals surface area contributed by atoms with Crippen LogP contribution >= 0.6 is 0 Å². The number of carbonyl (C=O) groups is 2. The van der Waals surface area contributed by atoms with Crippen LogP contribution in [0.25, 0.3) is 0 Å². The van der Waals surface area contributed by atoms with Gasteiger partial charge in [0.1, 0.15) is 0 Å². The van der Waals surface area contributed by atoms with Crippen molar-refractivity contribution in [1.82, 2.24) is 9.21 Å². The van der Waals surface area contributed by atoms with Crippen molar-refractivity contribution in [3.05, 3.63) is 29.8 Å². The molecular weight excluding hydrogens is 358 g/mol. The van der Waals surface area contributed by atoms with Crippen molar-refractivity contribution in [3.63, 3.8) is 0 Å². The normalized spacial score (nSPS) is 15.8. The number of carbonyl (C=O) groups excluding carboxylic acids is 2. The third-order valence-corrected chi connectivity index (χ3v) is 5.36. The van der Waals surface area contributed by atoms with Crippen molar-refractivity contribution in [3.8, 4) is 0 Å². The molecule has 0 radical (unpaired) electrons. The van der Waals surface area contributed by atoms with Crippen molar-refractivity contribution >= 4 is 27.4 Å². The van der Waals surface area contributed by atoms with E-state index in [0.717, 1.165) is 23.7 Å². The second-order valence-electron chi connectivity index (χ2n) is 6.24. The second kappa shape index (κ2) is 9.22. The van der Waals surface area contributed by atoms with Crippen LogP contribution in [0.5, 0.6) is 0 Å². The van der Waals surface area contributed by atoms with Gasteiger partial charge in [0.25, 0.3) is 0 Å². The van der Waals surface area contributed by atoms with Gasteiger partial charge in [-0.2, -0.15) is 4.31 Å². The van der Waals surface area contributed by atoms with Crippen molar-refractivity contribution in [1.29, 1.82) is 0 Å². The molecule has 144 valence electrons. The molecule has 0 bridgehead atoms. The predicted octanol–water partition coefficient (Wildman–Crippen LogP) is 0.422. The molecule has 0 aliphatic carbocycles. The summed E-state index contributed by atoms with van der Waals surface area (Å²) in [4.78, 5) is 25.8. The molecule has 1 aliphatic rings. The van der Waals surface area contributed by atoms with Crippen LogP contribution in [0.4, 0.5) is 5.69 Å². The largest absolute Gasteiger partial charge is 0.379 e. The lowest BCUT2D eigenvalue weighted by atomic mass is 10.1. The number of nitrogens with zero attached hydrogens (tertiary/aromatic N) is 2. The Kier molecular flexibility index (Phi) is 7.27. The predicted molar refractivity (Wildman–Crippen MR) is 98.8 cm³/mol. The molecule has 1 heterocycles. The monoisotopic (exact) mass is 383 g/mol. The van der Waals surface area contributed by atoms with Gasteiger partial charge in [0, 0.05) is 37.4 Å². The highest BCUT2D eigenvalue weighted by atomic mass is 32.2. The molecule has 1 aromatic rings. The number of benzene rings is 1. The molecule has 26 heavy (non-hydrogen) atoms. The quantitative estimate of drug-likeness (QED) is 0.654. The summed E-state index contributed by atoms with van der Waals surface area (Å²) in [6.45, 7) is 4.72. The zero-order chi connectivity index (χ0) is 19.2. The Morgan fingerprint density at radius 3 is 2.58 bits per heavy atom. The lowest BCUT2D eigenvalue weighted by Gasteiger charge is -2.29. The first-order valence-corrected chi connectivity index (χ1v) is 10.3. The Hall–Kier alpha value is -1.81. The highest BCUT2D eigenvalue weighted by molar-refractivity contribution is 7.88. The SMILES string of the molecule is CC(=O)c1cccc(NC(=O)CN(CCN2CCOCC2)S(C)(=O)=O)c1. The van der Waals surface area contributed by atoms with Crippen LogP contribution in [0.15, 0.2) is 24.3 Å². The van der Waals surface area contributed by atoms with Gasteiger partial charge in [0.05, 0.1) is 26.0 Å². The van der Waals surface area contributed by atoms with Crippen LogP contribution in [0.2, 0.25) is 0 Å². The number of ketones is 1. The molecule has 8 nitrogen and oxygen atoms in total. The minimum Gasteiger partial charge on any atom is -0.379 e. The molecule has 0 aromatic heterocycles. The van der Waals surface area contributed by atoms with E-state index < -0.39 is 15.9 Å². The van der Waals surface area contributed by atoms with Crippen LogP contribution in [-0.2, 0) is 19.6 Å². The molecule has 9 heteroatoms. The summed E-state index contributed by atoms with van der Waals surface area (Å²) in [7, 11) is -3.51. The van der Waals surface area contributed by atoms with E-state index >= 15 is 0 Å². The van der Waals surface area contributed by atoms with Gasteiger partial charge in [-0.3, -0.25) is 14.5 Å². The first-order valence-electron chi connectivity index (χ1n) is 8.42. The summed E-state index contributed by atoms with van der Waals surface area (Å²) >= 11 is 0. The average Bonchev–Trinajstić information content (AvgIpc) is 2.58. The van der Waals surface area contributed by atoms with Crippen molar-refractivity contribution in [2.75, 3.05) is 57.5 Å². The van der Waals surface area contributed by atoms with Crippen LogP contribution in [-0.4, -0.2) is 81.5 Å². The van der Waals surface area contributed by atoms with Gasteiger partial charge < -0.3 is 10.1 Å². The van der Waals surface area contributed by atoms with Crippen molar-refractivity contribution < 1.29 is 22.7 Å². The summed E-state index contributed by atoms with van der Waals surface area (Å²) in [5.41, 5.74) is 0.944. The Labute approximate surface area is 154 Å². The highest BCUT2D eigenvalue weighted by Gasteiger charge is 2.22. The molecule has 1 fully saturated rings. The Bertz CT molecular complexity index is 745. The van der Waals surface area contributed by atoms with E-state index in [9.17, 15) is 18.0 Å². The highest BCUT2D eigenvalue weighted by Crippen LogP contribution is 2.11. The molecule has 1 aromatic carbocycles. The van der Waals surface area contributed by atoms with E-state index in [1.54, 1.807) is 24.3 Å². The minimum atomic E-state index is -3.51. The third-order valence-electron chi connectivity index (χ3n) is 4.11. The fraction of sp³-hybridized carbons (Fsp3) is 0.529. The Balaban J connectivity index is 1.95. The number of morpholine rings is 1. The first kappa shape index (κ1) is 20.5. The number of rotatable bonds is 8. The van der Waals surface area contributed by atoms with E-state index in [0.29, 0.717) is 31.0 Å². The summed E-state index contributed by atoms with van der Waals surface area (Å²) < 4.78 is 30.4. The maximum Gasteiger partial charge on any atom is 0.239 e. The van der Waals surface area contributed by atoms with Gasteiger partial charge in [-0.15, -0.1) is 0 Å². The van der Waals surface area contributed by atoms with E-state index in [2.05, 4.69) is 10.2 Å². The number of nitrogens with one attached hydrogen (secondary N) is 1. The third kappa shape index (κ3) is 6.49. The molecule has 2 rings (SSSR count). The molecular formula is C17H25N3O5S. The van der Waals surface area contributed by atoms with Crippen LogP contribution in [0.3, 0.4) is 0 Å². The summed E-state index contributed by atoms with van der Waals surface area (Å²) in [6.07, 6.45) is 1.09. The number of ether oxygens (including phenoxy) is 1. The lowest BCUT2D eigenvalue weighted by Crippen LogP contribution is -2.45. The maximum atomic E-state index is 12.3. The summed E-state index contributed by atoms with van der Waals surface area (Å²) in [6, 6.07) is 6.55. The maximum absolute atomic E-state index is 12.3. The van der Waals surface area contributed by atoms with Crippen LogP contribution < -0.4 is 5.32 Å². The molecule has 1 N–H and O–H groups in total. The van der Waals surface area contributed by atoms with Gasteiger partial charge >= 0.3 is 0 Å². The van der Waals surface area contributed by atoms with Crippen LogP contribution in [0.1, 0.15) is 17.3 Å². The Morgan fingerprint density at radius 1 is 1.27 bits per heavy atom. The number of Topliss-reactive ketones (excluding diaryl/α,β-unsaturated/α-hetero) is 1. The molecule has 0 atom stereocenters. The fourth-order valence-electron chi connectivity index (χ4n) is 2.62. The van der Waals surface area contributed by atoms with Gasteiger partial charge in [0.2, 0.25) is 15.9 Å². The number of hydrogen-bond acceptors (Lipinski definition) is 6. The fourth-order valence-corrected chi connectivity index (χ4v) is 3.38. The zero-order valence-corrected chi connectivity index (χ0v) is 15.9. The standard InChI is InChI=1S/C17H25N3O5S/c1-14(21)15-4-3-5-16(12-15)18-17(22)13-20(26(2,23)24)7-6-19-8-10-25-11-9-19/h3-5,12H,6-11,13H2,1-2H3,(H,18,22). The molecule has 0 saturated carbocycles. The second-order valence-corrected chi connectivity index (χ2v) is 8.22. The molecule has 0 unspecified atom stereocenters. The van der Waals surface area contributed by atoms with E-state index in [-0.39, 0.29) is 18.9 Å². The molecule has 1 saturated heterocycles. The van der Waals surface area contributed by atoms with E-state index in [1.807, 2.05) is 0 Å². The smallest absolute Gasteiger partial charge is 0.239 e. The van der Waals surface area contributed by atoms with E-state index in [4.69, 9.17) is 4.74 Å². The van der Waals surface area contributed by atoms with Crippen LogP contribution in [0, 0.1) is 0 Å². The van der Waals surface area contributed by atoms with Gasteiger partial charge in [-0.05, 0) is 19.1 Å². The molecule has 1 amide bonds. The lowest BCUT2D eigenvalue weighted by molar-refractivity contribution is -0.116. The van der Waals surface area contributed by atoms with E-state index in [1.165, 1.54) is 6.92 Å². The zero-order valence-electron chi connectivity index (χ0n) is 15.1.